The Hall–Kier alpha value is -2.83. The van der Waals surface area contributed by atoms with Crippen LogP contribution in [-0.2, 0) is 23.6 Å². The fourth-order valence-corrected chi connectivity index (χ4v) is 3.56. The Morgan fingerprint density at radius 1 is 1.06 bits per heavy atom. The number of halogens is 6. The summed E-state index contributed by atoms with van der Waals surface area (Å²) in [6.07, 6.45) is -7.95. The molecule has 182 valence electrons. The van der Waals surface area contributed by atoms with Crippen LogP contribution in [0.1, 0.15) is 52.8 Å². The van der Waals surface area contributed by atoms with Crippen LogP contribution in [0.4, 0.5) is 36.8 Å². The van der Waals surface area contributed by atoms with Crippen molar-refractivity contribution >= 4 is 29.0 Å². The zero-order valence-corrected chi connectivity index (χ0v) is 18.5. The number of ether oxygens (including phenoxy) is 1. The molecule has 13 heteroatoms. The first kappa shape index (κ1) is 26.4. The van der Waals surface area contributed by atoms with Crippen LogP contribution in [-0.4, -0.2) is 35.5 Å². The largest absolute Gasteiger partial charge is 0.464 e. The Morgan fingerprint density at radius 2 is 1.67 bits per heavy atom. The third-order valence-electron chi connectivity index (χ3n) is 4.43. The molecule has 6 nitrogen and oxygen atoms in total. The molecular formula is C20H21F6N3O3S. The van der Waals surface area contributed by atoms with E-state index in [-0.39, 0.29) is 24.8 Å². The summed E-state index contributed by atoms with van der Waals surface area (Å²) in [5, 5.41) is 3.90. The molecule has 33 heavy (non-hydrogen) atoms. The lowest BCUT2D eigenvalue weighted by Crippen LogP contribution is -2.35. The molecular weight excluding hydrogens is 476 g/mol. The number of hydrogen-bond donors (Lipinski definition) is 1. The molecule has 0 aliphatic heterocycles. The van der Waals surface area contributed by atoms with E-state index in [0.29, 0.717) is 23.6 Å². The van der Waals surface area contributed by atoms with E-state index in [1.165, 1.54) is 17.4 Å². The minimum Gasteiger partial charge on any atom is -0.464 e. The molecule has 1 N–H and O–H groups in total. The van der Waals surface area contributed by atoms with Gasteiger partial charge in [-0.25, -0.2) is 14.6 Å². The summed E-state index contributed by atoms with van der Waals surface area (Å²) in [4.78, 5) is 29.6. The summed E-state index contributed by atoms with van der Waals surface area (Å²) >= 11 is 1.06. The van der Waals surface area contributed by atoms with E-state index in [2.05, 4.69) is 15.0 Å². The number of carbonyl (C=O) groups excluding carboxylic acids is 2. The Bertz CT molecular complexity index is 942. The molecule has 1 heterocycles. The van der Waals surface area contributed by atoms with Gasteiger partial charge in [-0.05, 0) is 24.6 Å². The van der Waals surface area contributed by atoms with E-state index < -0.39 is 41.2 Å². The number of nitrogens with zero attached hydrogens (tertiary/aromatic N) is 2. The van der Waals surface area contributed by atoms with Crippen molar-refractivity contribution in [2.75, 3.05) is 19.0 Å². The Morgan fingerprint density at radius 3 is 2.18 bits per heavy atom. The zero-order chi connectivity index (χ0) is 24.8. The second-order valence-corrected chi connectivity index (χ2v) is 7.91. The van der Waals surface area contributed by atoms with E-state index in [1.807, 2.05) is 6.92 Å². The second kappa shape index (κ2) is 10.9. The van der Waals surface area contributed by atoms with E-state index in [0.717, 1.165) is 24.2 Å². The highest BCUT2D eigenvalue weighted by atomic mass is 32.1. The predicted octanol–water partition coefficient (Wildman–Crippen LogP) is 6.19. The zero-order valence-electron chi connectivity index (χ0n) is 17.6. The molecule has 0 aliphatic carbocycles. The van der Waals surface area contributed by atoms with Gasteiger partial charge < -0.3 is 15.0 Å². The number of anilines is 1. The molecule has 1 aromatic heterocycles. The molecule has 2 amide bonds. The SMILES string of the molecule is CCCCCN(Cc1nc(C(=O)OC)cs1)C(=O)Nc1cc(C(F)(F)F)cc(C(F)(F)F)c1. The van der Waals surface area contributed by atoms with E-state index in [9.17, 15) is 35.9 Å². The number of amides is 2. The van der Waals surface area contributed by atoms with Crippen LogP contribution in [0.15, 0.2) is 23.6 Å². The van der Waals surface area contributed by atoms with Crippen LogP contribution >= 0.6 is 11.3 Å². The molecule has 0 saturated heterocycles. The maximum atomic E-state index is 13.1. The third-order valence-corrected chi connectivity index (χ3v) is 5.26. The lowest BCUT2D eigenvalue weighted by Gasteiger charge is -2.23. The Balaban J connectivity index is 2.29. The third kappa shape index (κ3) is 7.62. The number of carbonyl (C=O) groups is 2. The van der Waals surface area contributed by atoms with Crippen LogP contribution in [0.2, 0.25) is 0 Å². The van der Waals surface area contributed by atoms with Crippen LogP contribution in [0.3, 0.4) is 0 Å². The average molecular weight is 497 g/mol. The lowest BCUT2D eigenvalue weighted by atomic mass is 10.1. The van der Waals surface area contributed by atoms with Crippen molar-refractivity contribution in [3.63, 3.8) is 0 Å². The van der Waals surface area contributed by atoms with E-state index in [4.69, 9.17) is 0 Å². The predicted molar refractivity (Wildman–Crippen MR) is 109 cm³/mol. The number of nitrogens with one attached hydrogen (secondary N) is 1. The molecule has 0 radical (unpaired) electrons. The maximum Gasteiger partial charge on any atom is 0.416 e. The number of thiazole rings is 1. The number of methoxy groups -OCH3 is 1. The summed E-state index contributed by atoms with van der Waals surface area (Å²) in [6, 6.07) is -0.0291. The molecule has 0 fully saturated rings. The molecule has 2 aromatic rings. The fourth-order valence-electron chi connectivity index (χ4n) is 2.78. The number of rotatable bonds is 8. The van der Waals surface area contributed by atoms with E-state index >= 15 is 0 Å². The highest BCUT2D eigenvalue weighted by molar-refractivity contribution is 7.09. The number of alkyl halides is 6. The van der Waals surface area contributed by atoms with Gasteiger partial charge in [0.1, 0.15) is 5.01 Å². The van der Waals surface area contributed by atoms with Gasteiger partial charge in [-0.2, -0.15) is 26.3 Å². The van der Waals surface area contributed by atoms with Gasteiger partial charge in [0, 0.05) is 17.6 Å². The summed E-state index contributed by atoms with van der Waals surface area (Å²) in [6.45, 7) is 2.01. The highest BCUT2D eigenvalue weighted by Gasteiger charge is 2.37. The van der Waals surface area contributed by atoms with Gasteiger partial charge in [-0.1, -0.05) is 19.8 Å². The smallest absolute Gasteiger partial charge is 0.416 e. The van der Waals surface area contributed by atoms with Gasteiger partial charge in [-0.15, -0.1) is 11.3 Å². The number of unbranched alkanes of at least 4 members (excludes halogenated alkanes) is 2. The van der Waals surface area contributed by atoms with Crippen molar-refractivity contribution in [1.29, 1.82) is 0 Å². The molecule has 0 unspecified atom stereocenters. The van der Waals surface area contributed by atoms with Crippen molar-refractivity contribution in [3.05, 3.63) is 45.4 Å². The second-order valence-electron chi connectivity index (χ2n) is 6.97. The lowest BCUT2D eigenvalue weighted by molar-refractivity contribution is -0.143. The van der Waals surface area contributed by atoms with Gasteiger partial charge in [0.15, 0.2) is 5.69 Å². The number of esters is 1. The van der Waals surface area contributed by atoms with Crippen molar-refractivity contribution < 1.29 is 40.7 Å². The molecule has 0 aliphatic rings. The van der Waals surface area contributed by atoms with Crippen molar-refractivity contribution in [1.82, 2.24) is 9.88 Å². The van der Waals surface area contributed by atoms with E-state index in [1.54, 1.807) is 0 Å². The van der Waals surface area contributed by atoms with Gasteiger partial charge in [0.2, 0.25) is 0 Å². The Kier molecular flexibility index (Phi) is 8.69. The number of hydrogen-bond acceptors (Lipinski definition) is 5. The van der Waals surface area contributed by atoms with Gasteiger partial charge >= 0.3 is 24.4 Å². The van der Waals surface area contributed by atoms with Crippen LogP contribution in [0.25, 0.3) is 0 Å². The monoisotopic (exact) mass is 497 g/mol. The van der Waals surface area contributed by atoms with Crippen molar-refractivity contribution in [2.24, 2.45) is 0 Å². The van der Waals surface area contributed by atoms with Gasteiger partial charge in [0.05, 0.1) is 24.8 Å². The summed E-state index contributed by atoms with van der Waals surface area (Å²) in [5.41, 5.74) is -3.68. The first-order chi connectivity index (χ1) is 15.3. The fraction of sp³-hybridized carbons (Fsp3) is 0.450. The first-order valence-electron chi connectivity index (χ1n) is 9.73. The molecule has 0 spiro atoms. The highest BCUT2D eigenvalue weighted by Crippen LogP contribution is 2.37. The minimum absolute atomic E-state index is 0.0153. The van der Waals surface area contributed by atoms with Crippen LogP contribution in [0, 0.1) is 0 Å². The van der Waals surface area contributed by atoms with Gasteiger partial charge in [0.25, 0.3) is 0 Å². The molecule has 0 bridgehead atoms. The summed E-state index contributed by atoms with van der Waals surface area (Å²) in [5.74, 6) is -0.678. The summed E-state index contributed by atoms with van der Waals surface area (Å²) < 4.78 is 83.1. The summed E-state index contributed by atoms with van der Waals surface area (Å²) in [7, 11) is 1.18. The van der Waals surface area contributed by atoms with Crippen molar-refractivity contribution in [3.8, 4) is 0 Å². The van der Waals surface area contributed by atoms with Gasteiger partial charge in [-0.3, -0.25) is 0 Å². The Labute approximate surface area is 189 Å². The van der Waals surface area contributed by atoms with Crippen LogP contribution in [0.5, 0.6) is 0 Å². The quantitative estimate of drug-likeness (QED) is 0.268. The number of benzene rings is 1. The molecule has 1 aromatic carbocycles. The van der Waals surface area contributed by atoms with Crippen LogP contribution < -0.4 is 5.32 Å². The molecule has 2 rings (SSSR count). The topological polar surface area (TPSA) is 71.5 Å². The number of aromatic nitrogens is 1. The maximum absolute atomic E-state index is 13.1. The molecule has 0 saturated carbocycles. The average Bonchev–Trinajstić information content (AvgIpc) is 3.19. The normalized spacial score (nSPS) is 11.9. The standard InChI is InChI=1S/C20H21F6N3O3S/c1-3-4-5-6-29(10-16-28-15(11-33-16)17(30)32-2)18(31)27-14-8-12(19(21,22)23)7-13(9-14)20(24,25)26/h7-9,11H,3-6,10H2,1-2H3,(H,27,31). The number of urea groups is 1. The molecule has 0 atom stereocenters. The first-order valence-corrected chi connectivity index (χ1v) is 10.6. The van der Waals surface area contributed by atoms with Crippen molar-refractivity contribution in [2.45, 2.75) is 45.1 Å². The minimum atomic E-state index is -5.03.